The van der Waals surface area contributed by atoms with Crippen LogP contribution < -0.4 is 10.2 Å². The van der Waals surface area contributed by atoms with Gasteiger partial charge in [0.25, 0.3) is 0 Å². The predicted molar refractivity (Wildman–Crippen MR) is 120 cm³/mol. The number of amides is 1. The van der Waals surface area contributed by atoms with Crippen LogP contribution in [0.15, 0.2) is 60.0 Å². The molecule has 1 N–H and O–H groups in total. The van der Waals surface area contributed by atoms with Crippen LogP contribution in [0.25, 0.3) is 5.82 Å². The molecule has 0 bridgehead atoms. The predicted octanol–water partition coefficient (Wildman–Crippen LogP) is 1.91. The first-order valence-corrected chi connectivity index (χ1v) is 11.9. The number of carbonyl (C=O) groups excluding carboxylic acids is 1. The molecule has 32 heavy (non-hydrogen) atoms. The molecule has 0 unspecified atom stereocenters. The highest BCUT2D eigenvalue weighted by atomic mass is 32.2. The first-order valence-electron chi connectivity index (χ1n) is 10.4. The van der Waals surface area contributed by atoms with E-state index in [1.807, 2.05) is 24.0 Å². The lowest BCUT2D eigenvalue weighted by Crippen LogP contribution is -2.49. The molecule has 0 spiro atoms. The van der Waals surface area contributed by atoms with Crippen molar-refractivity contribution >= 4 is 27.4 Å². The molecule has 1 saturated heterocycles. The Morgan fingerprint density at radius 2 is 1.69 bits per heavy atom. The summed E-state index contributed by atoms with van der Waals surface area (Å²) in [6, 6.07) is 10.0. The standard InChI is InChI=1S/C21H25N7O3S/c1-2-3-21(29)23-17-4-6-18(7-5-17)32(30,31)28-14-12-26(13-15-28)19-8-9-20(25-24-19)27-11-10-22-16-27/h4-11,16H,2-3,12-15H2,1H3,(H,23,29). The van der Waals surface area contributed by atoms with E-state index in [-0.39, 0.29) is 10.8 Å². The van der Waals surface area contributed by atoms with Crippen LogP contribution in [0.4, 0.5) is 11.5 Å². The van der Waals surface area contributed by atoms with Gasteiger partial charge >= 0.3 is 0 Å². The summed E-state index contributed by atoms with van der Waals surface area (Å²) in [5.41, 5.74) is 0.588. The number of aromatic nitrogens is 4. The van der Waals surface area contributed by atoms with Crippen LogP contribution in [-0.4, -0.2) is 64.6 Å². The lowest BCUT2D eigenvalue weighted by Gasteiger charge is -2.34. The van der Waals surface area contributed by atoms with Crippen LogP contribution in [0.3, 0.4) is 0 Å². The second-order valence-corrected chi connectivity index (χ2v) is 9.37. The fourth-order valence-corrected chi connectivity index (χ4v) is 4.91. The topological polar surface area (TPSA) is 113 Å². The van der Waals surface area contributed by atoms with Crippen LogP contribution >= 0.6 is 0 Å². The normalized spacial score (nSPS) is 15.0. The molecule has 0 aliphatic carbocycles. The van der Waals surface area contributed by atoms with Crippen LogP contribution in [0.5, 0.6) is 0 Å². The highest BCUT2D eigenvalue weighted by Crippen LogP contribution is 2.22. The molecule has 1 aliphatic heterocycles. The molecule has 10 nitrogen and oxygen atoms in total. The highest BCUT2D eigenvalue weighted by molar-refractivity contribution is 7.89. The number of benzene rings is 1. The van der Waals surface area contributed by atoms with E-state index in [0.717, 1.165) is 6.42 Å². The van der Waals surface area contributed by atoms with E-state index >= 15 is 0 Å². The van der Waals surface area contributed by atoms with Gasteiger partial charge in [-0.05, 0) is 42.8 Å². The molecule has 0 radical (unpaired) electrons. The summed E-state index contributed by atoms with van der Waals surface area (Å²) in [4.78, 5) is 17.9. The lowest BCUT2D eigenvalue weighted by atomic mass is 10.3. The monoisotopic (exact) mass is 455 g/mol. The van der Waals surface area contributed by atoms with E-state index in [1.165, 1.54) is 16.4 Å². The highest BCUT2D eigenvalue weighted by Gasteiger charge is 2.29. The van der Waals surface area contributed by atoms with Gasteiger partial charge in [-0.3, -0.25) is 9.36 Å². The number of carbonyl (C=O) groups is 1. The molecule has 1 aliphatic rings. The van der Waals surface area contributed by atoms with Crippen molar-refractivity contribution in [2.24, 2.45) is 0 Å². The molecule has 0 saturated carbocycles. The average molecular weight is 456 g/mol. The number of nitrogens with zero attached hydrogens (tertiary/aromatic N) is 6. The maximum absolute atomic E-state index is 13.0. The Labute approximate surface area is 186 Å². The molecule has 3 heterocycles. The van der Waals surface area contributed by atoms with E-state index in [9.17, 15) is 13.2 Å². The van der Waals surface area contributed by atoms with Gasteiger partial charge in [0.15, 0.2) is 11.6 Å². The van der Waals surface area contributed by atoms with Gasteiger partial charge in [0.05, 0.1) is 4.90 Å². The summed E-state index contributed by atoms with van der Waals surface area (Å²) in [7, 11) is -3.61. The Hall–Kier alpha value is -3.31. The molecule has 11 heteroatoms. The molecule has 1 amide bonds. The summed E-state index contributed by atoms with van der Waals surface area (Å²) in [6.07, 6.45) is 6.30. The Kier molecular flexibility index (Phi) is 6.47. The third-order valence-corrected chi connectivity index (χ3v) is 7.13. The first kappa shape index (κ1) is 21.9. The number of nitrogens with one attached hydrogen (secondary N) is 1. The first-order chi connectivity index (χ1) is 15.5. The van der Waals surface area contributed by atoms with E-state index in [1.54, 1.807) is 35.4 Å². The molecule has 3 aromatic rings. The number of hydrogen-bond donors (Lipinski definition) is 1. The van der Waals surface area contributed by atoms with E-state index in [4.69, 9.17) is 0 Å². The van der Waals surface area contributed by atoms with Crippen LogP contribution in [0, 0.1) is 0 Å². The van der Waals surface area contributed by atoms with Gasteiger partial charge < -0.3 is 10.2 Å². The Morgan fingerprint density at radius 1 is 1.00 bits per heavy atom. The summed E-state index contributed by atoms with van der Waals surface area (Å²) in [5, 5.41) is 11.3. The molecular weight excluding hydrogens is 430 g/mol. The van der Waals surface area contributed by atoms with Crippen molar-refractivity contribution in [3.05, 3.63) is 55.1 Å². The smallest absolute Gasteiger partial charge is 0.243 e. The Balaban J connectivity index is 1.37. The molecular formula is C21H25N7O3S. The maximum atomic E-state index is 13.0. The second kappa shape index (κ2) is 9.45. The van der Waals surface area contributed by atoms with Crippen molar-refractivity contribution in [3.63, 3.8) is 0 Å². The fourth-order valence-electron chi connectivity index (χ4n) is 3.49. The third-order valence-electron chi connectivity index (χ3n) is 5.22. The van der Waals surface area contributed by atoms with Crippen LogP contribution in [0.2, 0.25) is 0 Å². The van der Waals surface area contributed by atoms with Gasteiger partial charge in [-0.2, -0.15) is 4.31 Å². The van der Waals surface area contributed by atoms with Crippen molar-refractivity contribution in [1.29, 1.82) is 0 Å². The zero-order valence-corrected chi connectivity index (χ0v) is 18.6. The van der Waals surface area contributed by atoms with Crippen molar-refractivity contribution in [2.45, 2.75) is 24.7 Å². The van der Waals surface area contributed by atoms with Crippen LogP contribution in [-0.2, 0) is 14.8 Å². The average Bonchev–Trinajstić information content (AvgIpc) is 3.35. The fraction of sp³-hybridized carbons (Fsp3) is 0.333. The minimum atomic E-state index is -3.61. The molecule has 4 rings (SSSR count). The third kappa shape index (κ3) is 4.78. The van der Waals surface area contributed by atoms with E-state index in [0.29, 0.717) is 49.9 Å². The van der Waals surface area contributed by atoms with Gasteiger partial charge in [0, 0.05) is 50.7 Å². The number of sulfonamides is 1. The number of rotatable bonds is 7. The Bertz CT molecular complexity index is 1140. The molecule has 2 aromatic heterocycles. The van der Waals surface area contributed by atoms with E-state index < -0.39 is 10.0 Å². The number of hydrogen-bond acceptors (Lipinski definition) is 7. The summed E-state index contributed by atoms with van der Waals surface area (Å²) < 4.78 is 29.3. The lowest BCUT2D eigenvalue weighted by molar-refractivity contribution is -0.116. The van der Waals surface area contributed by atoms with Gasteiger partial charge in [0.2, 0.25) is 15.9 Å². The summed E-state index contributed by atoms with van der Waals surface area (Å²) >= 11 is 0. The number of imidazole rings is 1. The minimum Gasteiger partial charge on any atom is -0.352 e. The molecule has 1 aromatic carbocycles. The summed E-state index contributed by atoms with van der Waals surface area (Å²) in [5.74, 6) is 1.29. The van der Waals surface area contributed by atoms with E-state index in [2.05, 4.69) is 20.5 Å². The number of piperazine rings is 1. The van der Waals surface area contributed by atoms with Gasteiger partial charge in [-0.25, -0.2) is 13.4 Å². The SMILES string of the molecule is CCCC(=O)Nc1ccc(S(=O)(=O)N2CCN(c3ccc(-n4ccnc4)nn3)CC2)cc1. The molecule has 168 valence electrons. The van der Waals surface area contributed by atoms with Gasteiger partial charge in [-0.1, -0.05) is 6.92 Å². The number of anilines is 2. The quantitative estimate of drug-likeness (QED) is 0.579. The van der Waals surface area contributed by atoms with Crippen molar-refractivity contribution in [1.82, 2.24) is 24.1 Å². The minimum absolute atomic E-state index is 0.0830. The van der Waals surface area contributed by atoms with Gasteiger partial charge in [-0.15, -0.1) is 10.2 Å². The zero-order chi connectivity index (χ0) is 22.6. The van der Waals surface area contributed by atoms with Gasteiger partial charge in [0.1, 0.15) is 6.33 Å². The van der Waals surface area contributed by atoms with Crippen molar-refractivity contribution < 1.29 is 13.2 Å². The zero-order valence-electron chi connectivity index (χ0n) is 17.8. The maximum Gasteiger partial charge on any atom is 0.243 e. The molecule has 0 atom stereocenters. The second-order valence-electron chi connectivity index (χ2n) is 7.43. The Morgan fingerprint density at radius 3 is 2.28 bits per heavy atom. The summed E-state index contributed by atoms with van der Waals surface area (Å²) in [6.45, 7) is 3.66. The van der Waals surface area contributed by atoms with Crippen LogP contribution in [0.1, 0.15) is 19.8 Å². The van der Waals surface area contributed by atoms with Crippen molar-refractivity contribution in [2.75, 3.05) is 36.4 Å². The largest absolute Gasteiger partial charge is 0.352 e. The van der Waals surface area contributed by atoms with Crippen molar-refractivity contribution in [3.8, 4) is 5.82 Å². The molecule has 1 fully saturated rings.